The van der Waals surface area contributed by atoms with E-state index in [4.69, 9.17) is 18.9 Å². The summed E-state index contributed by atoms with van der Waals surface area (Å²) in [4.78, 5) is 0. The van der Waals surface area contributed by atoms with Gasteiger partial charge in [0.15, 0.2) is 11.5 Å². The SMILES string of the molecule is COc1cccc(/C=C\c2cc(OC)c(OC)c(OC)c2)c1. The van der Waals surface area contributed by atoms with Crippen molar-refractivity contribution in [1.29, 1.82) is 0 Å². The van der Waals surface area contributed by atoms with Gasteiger partial charge < -0.3 is 18.9 Å². The maximum absolute atomic E-state index is 5.35. The summed E-state index contributed by atoms with van der Waals surface area (Å²) >= 11 is 0. The summed E-state index contributed by atoms with van der Waals surface area (Å²) in [5, 5.41) is 0. The number of hydrogen-bond acceptors (Lipinski definition) is 4. The fourth-order valence-electron chi connectivity index (χ4n) is 2.14. The predicted molar refractivity (Wildman–Crippen MR) is 88.0 cm³/mol. The van der Waals surface area contributed by atoms with E-state index in [1.165, 1.54) is 0 Å². The standard InChI is InChI=1S/C18H20O4/c1-19-15-7-5-6-13(10-15)8-9-14-11-16(20-2)18(22-4)17(12-14)21-3/h5-12H,1-4H3/b9-8-. The molecule has 0 N–H and O–H groups in total. The summed E-state index contributed by atoms with van der Waals surface area (Å²) in [7, 11) is 6.45. The number of ether oxygens (including phenoxy) is 4. The highest BCUT2D eigenvalue weighted by Gasteiger charge is 2.11. The molecule has 0 unspecified atom stereocenters. The zero-order chi connectivity index (χ0) is 15.9. The molecule has 0 saturated carbocycles. The summed E-state index contributed by atoms with van der Waals surface area (Å²) in [5.74, 6) is 2.68. The van der Waals surface area contributed by atoms with E-state index < -0.39 is 0 Å². The van der Waals surface area contributed by atoms with Gasteiger partial charge in [-0.1, -0.05) is 24.3 Å². The van der Waals surface area contributed by atoms with Crippen molar-refractivity contribution in [2.75, 3.05) is 28.4 Å². The van der Waals surface area contributed by atoms with E-state index in [9.17, 15) is 0 Å². The molecular weight excluding hydrogens is 280 g/mol. The molecule has 116 valence electrons. The molecule has 0 heterocycles. The van der Waals surface area contributed by atoms with Crippen LogP contribution in [0.25, 0.3) is 12.2 Å². The number of hydrogen-bond donors (Lipinski definition) is 0. The van der Waals surface area contributed by atoms with Crippen LogP contribution in [0.15, 0.2) is 36.4 Å². The smallest absolute Gasteiger partial charge is 0.203 e. The van der Waals surface area contributed by atoms with Crippen molar-refractivity contribution in [2.24, 2.45) is 0 Å². The van der Waals surface area contributed by atoms with E-state index in [0.717, 1.165) is 16.9 Å². The number of benzene rings is 2. The Balaban J connectivity index is 2.34. The van der Waals surface area contributed by atoms with E-state index in [1.807, 2.05) is 48.6 Å². The molecule has 4 heteroatoms. The lowest BCUT2D eigenvalue weighted by Crippen LogP contribution is -1.95. The summed E-state index contributed by atoms with van der Waals surface area (Å²) in [6.45, 7) is 0. The lowest BCUT2D eigenvalue weighted by Gasteiger charge is -2.12. The minimum Gasteiger partial charge on any atom is -0.497 e. The first-order valence-electron chi connectivity index (χ1n) is 6.84. The molecule has 0 saturated heterocycles. The van der Waals surface area contributed by atoms with Gasteiger partial charge in [-0.15, -0.1) is 0 Å². The first kappa shape index (κ1) is 15.8. The van der Waals surface area contributed by atoms with Crippen LogP contribution < -0.4 is 18.9 Å². The topological polar surface area (TPSA) is 36.9 Å². The Hall–Kier alpha value is -2.62. The summed E-state index contributed by atoms with van der Waals surface area (Å²) in [5.41, 5.74) is 2.01. The van der Waals surface area contributed by atoms with Gasteiger partial charge in [0.05, 0.1) is 28.4 Å². The van der Waals surface area contributed by atoms with Crippen LogP contribution in [-0.4, -0.2) is 28.4 Å². The molecule has 22 heavy (non-hydrogen) atoms. The molecule has 0 atom stereocenters. The molecule has 0 aliphatic heterocycles. The van der Waals surface area contributed by atoms with Gasteiger partial charge >= 0.3 is 0 Å². The molecule has 0 bridgehead atoms. The fourth-order valence-corrected chi connectivity index (χ4v) is 2.14. The zero-order valence-electron chi connectivity index (χ0n) is 13.3. The third kappa shape index (κ3) is 3.52. The molecule has 0 fully saturated rings. The van der Waals surface area contributed by atoms with E-state index in [1.54, 1.807) is 28.4 Å². The minimum absolute atomic E-state index is 0.587. The molecule has 0 spiro atoms. The normalized spacial score (nSPS) is 10.5. The molecule has 2 aromatic rings. The number of methoxy groups -OCH3 is 4. The van der Waals surface area contributed by atoms with E-state index in [2.05, 4.69) is 0 Å². The quantitative estimate of drug-likeness (QED) is 0.758. The van der Waals surface area contributed by atoms with Gasteiger partial charge in [-0.2, -0.15) is 0 Å². The Labute approximate surface area is 130 Å². The van der Waals surface area contributed by atoms with Crippen molar-refractivity contribution < 1.29 is 18.9 Å². The third-order valence-electron chi connectivity index (χ3n) is 3.25. The highest BCUT2D eigenvalue weighted by Crippen LogP contribution is 2.38. The number of rotatable bonds is 6. The molecular formula is C18H20O4. The van der Waals surface area contributed by atoms with Crippen molar-refractivity contribution in [2.45, 2.75) is 0 Å². The molecule has 0 amide bonds. The van der Waals surface area contributed by atoms with E-state index in [-0.39, 0.29) is 0 Å². The van der Waals surface area contributed by atoms with Crippen molar-refractivity contribution in [3.63, 3.8) is 0 Å². The van der Waals surface area contributed by atoms with Crippen molar-refractivity contribution >= 4 is 12.2 Å². The minimum atomic E-state index is 0.587. The second-order valence-electron chi connectivity index (χ2n) is 4.57. The molecule has 0 aromatic heterocycles. The summed E-state index contributed by atoms with van der Waals surface area (Å²) in [6.07, 6.45) is 3.99. The molecule has 0 radical (unpaired) electrons. The Bertz CT molecular complexity index is 637. The van der Waals surface area contributed by atoms with Gasteiger partial charge in [0.25, 0.3) is 0 Å². The van der Waals surface area contributed by atoms with Gasteiger partial charge in [-0.05, 0) is 35.4 Å². The maximum atomic E-state index is 5.35. The Morgan fingerprint density at radius 2 is 1.32 bits per heavy atom. The lowest BCUT2D eigenvalue weighted by molar-refractivity contribution is 0.324. The van der Waals surface area contributed by atoms with Crippen LogP contribution in [0.5, 0.6) is 23.0 Å². The van der Waals surface area contributed by atoms with Gasteiger partial charge in [-0.3, -0.25) is 0 Å². The van der Waals surface area contributed by atoms with Gasteiger partial charge in [-0.25, -0.2) is 0 Å². The van der Waals surface area contributed by atoms with Crippen LogP contribution in [0.2, 0.25) is 0 Å². The molecule has 0 aliphatic carbocycles. The summed E-state index contributed by atoms with van der Waals surface area (Å²) in [6, 6.07) is 11.6. The monoisotopic (exact) mass is 300 g/mol. The summed E-state index contributed by atoms with van der Waals surface area (Å²) < 4.78 is 21.2. The van der Waals surface area contributed by atoms with Crippen LogP contribution in [0, 0.1) is 0 Å². The molecule has 4 nitrogen and oxygen atoms in total. The molecule has 0 aliphatic rings. The average molecular weight is 300 g/mol. The second-order valence-corrected chi connectivity index (χ2v) is 4.57. The van der Waals surface area contributed by atoms with Gasteiger partial charge in [0, 0.05) is 0 Å². The van der Waals surface area contributed by atoms with Crippen molar-refractivity contribution in [3.05, 3.63) is 47.5 Å². The largest absolute Gasteiger partial charge is 0.497 e. The Kier molecular flexibility index (Phi) is 5.31. The molecule has 2 aromatic carbocycles. The van der Waals surface area contributed by atoms with E-state index in [0.29, 0.717) is 17.2 Å². The molecule has 2 rings (SSSR count). The average Bonchev–Trinajstić information content (AvgIpc) is 2.58. The highest BCUT2D eigenvalue weighted by molar-refractivity contribution is 5.73. The van der Waals surface area contributed by atoms with Crippen LogP contribution in [0.3, 0.4) is 0 Å². The Morgan fingerprint density at radius 3 is 1.86 bits per heavy atom. The van der Waals surface area contributed by atoms with Gasteiger partial charge in [0.1, 0.15) is 5.75 Å². The van der Waals surface area contributed by atoms with Crippen molar-refractivity contribution in [3.8, 4) is 23.0 Å². The van der Waals surface area contributed by atoms with Crippen LogP contribution in [-0.2, 0) is 0 Å². The first-order chi connectivity index (χ1) is 10.7. The van der Waals surface area contributed by atoms with Crippen LogP contribution >= 0.6 is 0 Å². The first-order valence-corrected chi connectivity index (χ1v) is 6.84. The fraction of sp³-hybridized carbons (Fsp3) is 0.222. The van der Waals surface area contributed by atoms with Crippen molar-refractivity contribution in [1.82, 2.24) is 0 Å². The van der Waals surface area contributed by atoms with E-state index >= 15 is 0 Å². The third-order valence-corrected chi connectivity index (χ3v) is 3.25. The maximum Gasteiger partial charge on any atom is 0.203 e. The second kappa shape index (κ2) is 7.41. The van der Waals surface area contributed by atoms with Crippen LogP contribution in [0.1, 0.15) is 11.1 Å². The highest BCUT2D eigenvalue weighted by atomic mass is 16.5. The van der Waals surface area contributed by atoms with Crippen LogP contribution in [0.4, 0.5) is 0 Å². The lowest BCUT2D eigenvalue weighted by atomic mass is 10.1. The zero-order valence-corrected chi connectivity index (χ0v) is 13.3. The predicted octanol–water partition coefficient (Wildman–Crippen LogP) is 3.89. The van der Waals surface area contributed by atoms with Gasteiger partial charge in [0.2, 0.25) is 5.75 Å². The Morgan fingerprint density at radius 1 is 0.682 bits per heavy atom.